The van der Waals surface area contributed by atoms with Crippen LogP contribution in [0, 0.1) is 0 Å². The van der Waals surface area contributed by atoms with Crippen molar-refractivity contribution in [2.24, 2.45) is 0 Å². The number of thioether (sulfide) groups is 1. The molecule has 2 rings (SSSR count). The molecule has 2 heterocycles. The molecule has 0 aromatic carbocycles. The first-order valence-electron chi connectivity index (χ1n) is 7.05. The molecule has 1 aromatic heterocycles. The average molecular weight is 417 g/mol. The van der Waals surface area contributed by atoms with Gasteiger partial charge < -0.3 is 10.1 Å². The summed E-state index contributed by atoms with van der Waals surface area (Å²) in [7, 11) is -3.30. The molecule has 140 valence electrons. The van der Waals surface area contributed by atoms with Crippen molar-refractivity contribution in [2.75, 3.05) is 23.4 Å². The number of alkyl halides is 3. The number of halogens is 3. The number of fused-ring (bicyclic) bond motifs is 1. The number of hydrogen-bond acceptors (Lipinski definition) is 7. The molecule has 0 bridgehead atoms. The summed E-state index contributed by atoms with van der Waals surface area (Å²) >= 11 is 0.378. The highest BCUT2D eigenvalue weighted by Crippen LogP contribution is 2.38. The van der Waals surface area contributed by atoms with Crippen LogP contribution in [0.2, 0.25) is 0 Å². The van der Waals surface area contributed by atoms with E-state index in [4.69, 9.17) is 4.74 Å². The number of carbonyl (C=O) groups is 2. The van der Waals surface area contributed by atoms with Crippen molar-refractivity contribution >= 4 is 49.8 Å². The van der Waals surface area contributed by atoms with Gasteiger partial charge in [-0.15, -0.1) is 11.3 Å². The van der Waals surface area contributed by atoms with Crippen LogP contribution >= 0.6 is 23.1 Å². The van der Waals surface area contributed by atoms with Crippen molar-refractivity contribution in [2.45, 2.75) is 24.6 Å². The Morgan fingerprint density at radius 3 is 2.64 bits per heavy atom. The minimum atomic E-state index is -4.55. The summed E-state index contributed by atoms with van der Waals surface area (Å²) in [5.74, 6) is -2.95. The van der Waals surface area contributed by atoms with Crippen LogP contribution in [0.5, 0.6) is 0 Å². The fourth-order valence-corrected chi connectivity index (χ4v) is 5.66. The lowest BCUT2D eigenvalue weighted by Gasteiger charge is -2.13. The molecule has 0 aliphatic carbocycles. The van der Waals surface area contributed by atoms with Gasteiger partial charge in [-0.05, 0) is 30.7 Å². The van der Waals surface area contributed by atoms with E-state index >= 15 is 0 Å². The highest BCUT2D eigenvalue weighted by molar-refractivity contribution is 8.00. The van der Waals surface area contributed by atoms with Gasteiger partial charge in [0.15, 0.2) is 9.84 Å². The lowest BCUT2D eigenvalue weighted by Crippen LogP contribution is -2.21. The van der Waals surface area contributed by atoms with Gasteiger partial charge in [-0.25, -0.2) is 13.2 Å². The van der Waals surface area contributed by atoms with Gasteiger partial charge in [0, 0.05) is 4.88 Å². The molecule has 1 aliphatic rings. The Bertz CT molecular complexity index is 786. The molecule has 0 unspecified atom stereocenters. The number of rotatable bonds is 5. The number of hydrogen-bond donors (Lipinski definition) is 1. The van der Waals surface area contributed by atoms with E-state index in [1.54, 1.807) is 6.92 Å². The van der Waals surface area contributed by atoms with Crippen LogP contribution < -0.4 is 5.32 Å². The molecule has 6 nitrogen and oxygen atoms in total. The lowest BCUT2D eigenvalue weighted by atomic mass is 10.1. The highest BCUT2D eigenvalue weighted by atomic mass is 32.2. The standard InChI is InChI=1S/C13H14F3NO5S3/c1-2-22-12(19)10-7-3-4-25(20,21)6-8(7)24-11(10)17-9(18)5-23-13(14,15)16/h2-6H2,1H3,(H,17,18). The summed E-state index contributed by atoms with van der Waals surface area (Å²) in [6.07, 6.45) is 0.0927. The van der Waals surface area contributed by atoms with Crippen molar-refractivity contribution in [1.29, 1.82) is 0 Å². The molecule has 1 aromatic rings. The summed E-state index contributed by atoms with van der Waals surface area (Å²) in [5.41, 5.74) is -4.05. The molecular weight excluding hydrogens is 403 g/mol. The van der Waals surface area contributed by atoms with Crippen molar-refractivity contribution in [3.05, 3.63) is 16.0 Å². The zero-order chi connectivity index (χ0) is 18.8. The van der Waals surface area contributed by atoms with Crippen LogP contribution in [0.3, 0.4) is 0 Å². The van der Waals surface area contributed by atoms with E-state index in [0.29, 0.717) is 10.4 Å². The predicted octanol–water partition coefficient (Wildman–Crippen LogP) is 2.59. The van der Waals surface area contributed by atoms with Crippen molar-refractivity contribution in [3.8, 4) is 0 Å². The second-order valence-electron chi connectivity index (χ2n) is 5.05. The van der Waals surface area contributed by atoms with E-state index in [2.05, 4.69) is 5.32 Å². The minimum absolute atomic E-state index is 0.0216. The van der Waals surface area contributed by atoms with Gasteiger partial charge in [-0.3, -0.25) is 4.79 Å². The summed E-state index contributed by atoms with van der Waals surface area (Å²) in [6.45, 7) is 1.65. The Morgan fingerprint density at radius 2 is 2.04 bits per heavy atom. The molecule has 0 radical (unpaired) electrons. The lowest BCUT2D eigenvalue weighted by molar-refractivity contribution is -0.114. The maximum Gasteiger partial charge on any atom is 0.442 e. The molecule has 1 N–H and O–H groups in total. The van der Waals surface area contributed by atoms with Crippen LogP contribution in [0.4, 0.5) is 18.2 Å². The molecule has 0 saturated heterocycles. The first-order valence-corrected chi connectivity index (χ1v) is 10.7. The normalized spacial score (nSPS) is 16.2. The van der Waals surface area contributed by atoms with Crippen molar-refractivity contribution < 1.29 is 35.9 Å². The maximum absolute atomic E-state index is 12.2. The Balaban J connectivity index is 2.29. The smallest absolute Gasteiger partial charge is 0.442 e. The van der Waals surface area contributed by atoms with Gasteiger partial charge in [0.25, 0.3) is 0 Å². The van der Waals surface area contributed by atoms with E-state index < -0.39 is 44.7 Å². The Labute approximate surface area is 150 Å². The van der Waals surface area contributed by atoms with E-state index in [1.807, 2.05) is 0 Å². The van der Waals surface area contributed by atoms with Gasteiger partial charge in [0.05, 0.1) is 29.4 Å². The first kappa shape index (κ1) is 20.0. The van der Waals surface area contributed by atoms with Gasteiger partial charge >= 0.3 is 11.5 Å². The van der Waals surface area contributed by atoms with Gasteiger partial charge in [-0.2, -0.15) is 13.2 Å². The molecule has 25 heavy (non-hydrogen) atoms. The zero-order valence-electron chi connectivity index (χ0n) is 12.9. The van der Waals surface area contributed by atoms with Gasteiger partial charge in [0.1, 0.15) is 5.00 Å². The van der Waals surface area contributed by atoms with E-state index in [-0.39, 0.29) is 35.1 Å². The summed E-state index contributed by atoms with van der Waals surface area (Å²) < 4.78 is 64.9. The fraction of sp³-hybridized carbons (Fsp3) is 0.538. The number of amides is 1. The van der Waals surface area contributed by atoms with Crippen molar-refractivity contribution in [1.82, 2.24) is 0 Å². The average Bonchev–Trinajstić information content (AvgIpc) is 2.80. The maximum atomic E-state index is 12.2. The van der Waals surface area contributed by atoms with Crippen LogP contribution in [0.1, 0.15) is 27.7 Å². The molecule has 1 aliphatic heterocycles. The molecule has 0 fully saturated rings. The molecule has 0 atom stereocenters. The van der Waals surface area contributed by atoms with Crippen LogP contribution in [-0.4, -0.2) is 43.9 Å². The Morgan fingerprint density at radius 1 is 1.36 bits per heavy atom. The largest absolute Gasteiger partial charge is 0.462 e. The minimum Gasteiger partial charge on any atom is -0.462 e. The number of thiophene rings is 1. The second kappa shape index (κ2) is 7.54. The SMILES string of the molecule is CCOC(=O)c1c(NC(=O)CSC(F)(F)F)sc2c1CCS(=O)(=O)C2. The van der Waals surface area contributed by atoms with Gasteiger partial charge in [-0.1, -0.05) is 0 Å². The second-order valence-corrected chi connectivity index (χ2v) is 9.38. The molecule has 0 spiro atoms. The number of carbonyl (C=O) groups excluding carboxylic acids is 2. The third-order valence-electron chi connectivity index (χ3n) is 3.20. The summed E-state index contributed by atoms with van der Waals surface area (Å²) in [5, 5.41) is 2.29. The third kappa shape index (κ3) is 5.35. The van der Waals surface area contributed by atoms with Gasteiger partial charge in [0.2, 0.25) is 5.91 Å². The number of nitrogens with one attached hydrogen (secondary N) is 1. The zero-order valence-corrected chi connectivity index (χ0v) is 15.4. The number of sulfone groups is 1. The molecular formula is C13H14F3NO5S3. The third-order valence-corrected chi connectivity index (χ3v) is 6.82. The summed E-state index contributed by atoms with van der Waals surface area (Å²) in [6, 6.07) is 0. The first-order chi connectivity index (χ1) is 11.5. The van der Waals surface area contributed by atoms with Crippen molar-refractivity contribution in [3.63, 3.8) is 0 Å². The van der Waals surface area contributed by atoms with Crippen LogP contribution in [0.25, 0.3) is 0 Å². The summed E-state index contributed by atoms with van der Waals surface area (Å²) in [4.78, 5) is 24.3. The fourth-order valence-electron chi connectivity index (χ4n) is 2.24. The Hall–Kier alpha value is -1.27. The molecule has 1 amide bonds. The number of anilines is 1. The number of ether oxygens (including phenoxy) is 1. The quantitative estimate of drug-likeness (QED) is 0.741. The molecule has 0 saturated carbocycles. The van der Waals surface area contributed by atoms with Crippen LogP contribution in [-0.2, 0) is 31.5 Å². The topological polar surface area (TPSA) is 89.5 Å². The van der Waals surface area contributed by atoms with E-state index in [9.17, 15) is 31.2 Å². The Kier molecular flexibility index (Phi) is 6.05. The van der Waals surface area contributed by atoms with E-state index in [1.165, 1.54) is 0 Å². The van der Waals surface area contributed by atoms with E-state index in [0.717, 1.165) is 11.3 Å². The van der Waals surface area contributed by atoms with Crippen LogP contribution in [0.15, 0.2) is 0 Å². The predicted molar refractivity (Wildman–Crippen MR) is 88.6 cm³/mol. The monoisotopic (exact) mass is 417 g/mol. The number of esters is 1. The molecule has 12 heteroatoms. The highest BCUT2D eigenvalue weighted by Gasteiger charge is 2.33.